The number of alkyl carbamates (subject to hydrolysis) is 1. The largest absolute Gasteiger partial charge is 0.453 e. The molecule has 1 aromatic carbocycles. The van der Waals surface area contributed by atoms with Crippen molar-refractivity contribution in [2.24, 2.45) is 5.73 Å². The molecule has 1 saturated heterocycles. The third-order valence-corrected chi connectivity index (χ3v) is 6.71. The number of nitrogens with one attached hydrogen (secondary N) is 2. The fourth-order valence-corrected chi connectivity index (χ4v) is 4.51. The van der Waals surface area contributed by atoms with Crippen molar-refractivity contribution >= 4 is 34.7 Å². The summed E-state index contributed by atoms with van der Waals surface area (Å²) in [5.41, 5.74) is 13.9. The van der Waals surface area contributed by atoms with E-state index >= 15 is 4.39 Å². The average Bonchev–Trinajstić information content (AvgIpc) is 3.44. The van der Waals surface area contributed by atoms with E-state index in [4.69, 9.17) is 11.5 Å². The number of halogens is 1. The number of aromatic nitrogens is 4. The Kier molecular flexibility index (Phi) is 6.08. The molecule has 1 saturated carbocycles. The number of hydrogen-bond donors (Lipinski definition) is 4. The third-order valence-electron chi connectivity index (χ3n) is 6.71. The highest BCUT2D eigenvalue weighted by Gasteiger charge is 2.43. The minimum atomic E-state index is -1.05. The number of nitrogens with two attached hydrogens (primary N) is 2. The van der Waals surface area contributed by atoms with Crippen LogP contribution in [0.5, 0.6) is 0 Å². The first-order valence-electron chi connectivity index (χ1n) is 11.7. The Hall–Kier alpha value is -4.00. The number of amides is 2. The summed E-state index contributed by atoms with van der Waals surface area (Å²) in [4.78, 5) is 39.1. The number of nitrogens with zero attached hydrogens (tertiary/aromatic N) is 5. The van der Waals surface area contributed by atoms with Crippen molar-refractivity contribution in [2.75, 3.05) is 30.8 Å². The molecular formula is C23H28FN9O3. The van der Waals surface area contributed by atoms with E-state index in [0.29, 0.717) is 35.4 Å². The summed E-state index contributed by atoms with van der Waals surface area (Å²) < 4.78 is 21.5. The maximum absolute atomic E-state index is 15.1. The lowest BCUT2D eigenvalue weighted by Gasteiger charge is -2.27. The predicted octanol–water partition coefficient (Wildman–Crippen LogP) is 0.638. The van der Waals surface area contributed by atoms with Gasteiger partial charge in [-0.2, -0.15) is 0 Å². The van der Waals surface area contributed by atoms with Crippen molar-refractivity contribution in [3.8, 4) is 0 Å². The van der Waals surface area contributed by atoms with Gasteiger partial charge in [-0.3, -0.25) is 4.79 Å². The first-order chi connectivity index (χ1) is 17.3. The molecule has 3 aromatic rings. The molecule has 3 heterocycles. The fraction of sp³-hybridized carbons (Fsp3) is 0.435. The van der Waals surface area contributed by atoms with Crippen LogP contribution in [0.25, 0.3) is 11.2 Å². The normalized spacial score (nSPS) is 19.5. The van der Waals surface area contributed by atoms with Crippen LogP contribution in [0.15, 0.2) is 24.8 Å². The smallest absolute Gasteiger partial charge is 0.407 e. The van der Waals surface area contributed by atoms with Gasteiger partial charge in [-0.15, -0.1) is 0 Å². The van der Waals surface area contributed by atoms with Crippen LogP contribution in [0, 0.1) is 5.82 Å². The van der Waals surface area contributed by atoms with E-state index in [1.54, 1.807) is 17.0 Å². The summed E-state index contributed by atoms with van der Waals surface area (Å²) in [6.07, 6.45) is 4.61. The quantitative estimate of drug-likeness (QED) is 0.366. The van der Waals surface area contributed by atoms with Crippen molar-refractivity contribution < 1.29 is 18.7 Å². The van der Waals surface area contributed by atoms with Crippen molar-refractivity contribution in [1.82, 2.24) is 30.2 Å². The molecule has 0 unspecified atom stereocenters. The molecule has 36 heavy (non-hydrogen) atoms. The number of anilines is 2. The molecule has 1 aliphatic carbocycles. The molecule has 190 valence electrons. The molecule has 0 bridgehead atoms. The molecule has 0 spiro atoms. The monoisotopic (exact) mass is 497 g/mol. The number of methoxy groups -OCH3 is 1. The number of fused-ring (bicyclic) bond motifs is 1. The Morgan fingerprint density at radius 3 is 2.81 bits per heavy atom. The molecule has 5 rings (SSSR count). The van der Waals surface area contributed by atoms with Gasteiger partial charge in [-0.25, -0.2) is 24.1 Å². The number of hydrogen-bond acceptors (Lipinski definition) is 9. The van der Waals surface area contributed by atoms with E-state index < -0.39 is 17.4 Å². The summed E-state index contributed by atoms with van der Waals surface area (Å²) in [5.74, 6) is -0.426. The summed E-state index contributed by atoms with van der Waals surface area (Å²) in [6, 6.07) is 3.22. The highest BCUT2D eigenvalue weighted by molar-refractivity contribution is 5.88. The Labute approximate surface area is 206 Å². The number of carbonyl (C=O) groups is 2. The van der Waals surface area contributed by atoms with Crippen molar-refractivity contribution in [2.45, 2.75) is 43.9 Å². The first-order valence-corrected chi connectivity index (χ1v) is 11.7. The van der Waals surface area contributed by atoms with Crippen LogP contribution in [0.4, 0.5) is 20.7 Å². The van der Waals surface area contributed by atoms with E-state index in [-0.39, 0.29) is 43.0 Å². The van der Waals surface area contributed by atoms with Gasteiger partial charge >= 0.3 is 6.09 Å². The van der Waals surface area contributed by atoms with Gasteiger partial charge in [0.05, 0.1) is 20.0 Å². The fourth-order valence-electron chi connectivity index (χ4n) is 4.51. The van der Waals surface area contributed by atoms with E-state index in [2.05, 4.69) is 30.3 Å². The summed E-state index contributed by atoms with van der Waals surface area (Å²) in [6.45, 7) is 0.862. The van der Waals surface area contributed by atoms with Gasteiger partial charge in [0.2, 0.25) is 5.91 Å². The van der Waals surface area contributed by atoms with E-state index in [1.807, 2.05) is 4.90 Å². The van der Waals surface area contributed by atoms with Crippen LogP contribution in [0.1, 0.15) is 30.4 Å². The summed E-state index contributed by atoms with van der Waals surface area (Å²) >= 11 is 0. The number of rotatable bonds is 7. The molecule has 2 aromatic heterocycles. The minimum Gasteiger partial charge on any atom is -0.453 e. The van der Waals surface area contributed by atoms with E-state index in [0.717, 1.165) is 12.8 Å². The van der Waals surface area contributed by atoms with Crippen LogP contribution in [0.3, 0.4) is 0 Å². The van der Waals surface area contributed by atoms with Crippen LogP contribution >= 0.6 is 0 Å². The molecule has 6 N–H and O–H groups in total. The maximum Gasteiger partial charge on any atom is 0.407 e. The van der Waals surface area contributed by atoms with Crippen LogP contribution in [-0.2, 0) is 22.6 Å². The predicted molar refractivity (Wildman–Crippen MR) is 129 cm³/mol. The lowest BCUT2D eigenvalue weighted by Crippen LogP contribution is -2.56. The number of imidazole rings is 1. The molecule has 1 aliphatic heterocycles. The number of nitrogen functional groups attached to an aromatic ring is 1. The second kappa shape index (κ2) is 9.22. The van der Waals surface area contributed by atoms with Gasteiger partial charge in [0, 0.05) is 42.5 Å². The zero-order valence-electron chi connectivity index (χ0n) is 19.8. The van der Waals surface area contributed by atoms with Gasteiger partial charge in [0.1, 0.15) is 23.2 Å². The molecule has 2 amide bonds. The minimum absolute atomic E-state index is 0.102. The highest BCUT2D eigenvalue weighted by Crippen LogP contribution is 2.33. The van der Waals surface area contributed by atoms with Gasteiger partial charge < -0.3 is 36.3 Å². The molecule has 1 atom stereocenters. The third kappa shape index (κ3) is 4.49. The van der Waals surface area contributed by atoms with Crippen LogP contribution in [-0.4, -0.2) is 63.3 Å². The summed E-state index contributed by atoms with van der Waals surface area (Å²) in [7, 11) is 1.24. The average molecular weight is 498 g/mol. The Morgan fingerprint density at radius 2 is 2.06 bits per heavy atom. The number of benzene rings is 1. The van der Waals surface area contributed by atoms with Crippen molar-refractivity contribution in [1.29, 1.82) is 0 Å². The second-order valence-corrected chi connectivity index (χ2v) is 9.25. The first kappa shape index (κ1) is 23.7. The molecule has 2 fully saturated rings. The standard InChI is InChI=1S/C23H28FN9O3/c1-36-22(35)27-8-14-15(9-33-12-30-18-19(25)28-11-29-20(18)33)17(5-4-16(14)24)32-7-6-23(26,10-32)21(34)31-13-2-3-13/h4-5,11-13H,2-3,6-10,26H2,1H3,(H,27,35)(H,31,34)(H2,25,28,29)/t23-/m1/s1. The Bertz CT molecular complexity index is 1330. The molecule has 12 nitrogen and oxygen atoms in total. The topological polar surface area (TPSA) is 166 Å². The van der Waals surface area contributed by atoms with Gasteiger partial charge in [0.25, 0.3) is 0 Å². The second-order valence-electron chi connectivity index (χ2n) is 9.25. The number of ether oxygens (including phenoxy) is 1. The molecule has 0 radical (unpaired) electrons. The van der Waals surface area contributed by atoms with Gasteiger partial charge in [-0.05, 0) is 31.4 Å². The lowest BCUT2D eigenvalue weighted by atomic mass is 9.99. The molecular weight excluding hydrogens is 469 g/mol. The van der Waals surface area contributed by atoms with Gasteiger partial charge in [-0.1, -0.05) is 0 Å². The SMILES string of the molecule is COC(=O)NCc1c(F)ccc(N2CC[C@](N)(C(=O)NC3CC3)C2)c1Cn1cnc2c(N)ncnc21. The highest BCUT2D eigenvalue weighted by atomic mass is 19.1. The zero-order chi connectivity index (χ0) is 25.4. The van der Waals surface area contributed by atoms with Crippen LogP contribution < -0.4 is 27.0 Å². The van der Waals surface area contributed by atoms with Crippen molar-refractivity contribution in [3.63, 3.8) is 0 Å². The number of carbonyl (C=O) groups excluding carboxylic acids is 2. The maximum atomic E-state index is 15.1. The summed E-state index contributed by atoms with van der Waals surface area (Å²) in [5, 5.41) is 5.55. The van der Waals surface area contributed by atoms with Gasteiger partial charge in [0.15, 0.2) is 11.5 Å². The molecule has 2 aliphatic rings. The lowest BCUT2D eigenvalue weighted by molar-refractivity contribution is -0.125. The zero-order valence-corrected chi connectivity index (χ0v) is 19.8. The van der Waals surface area contributed by atoms with Crippen molar-refractivity contribution in [3.05, 3.63) is 41.7 Å². The Balaban J connectivity index is 1.51. The van der Waals surface area contributed by atoms with Crippen LogP contribution in [0.2, 0.25) is 0 Å². The van der Waals surface area contributed by atoms with E-state index in [9.17, 15) is 9.59 Å². The Morgan fingerprint density at radius 1 is 1.25 bits per heavy atom. The molecule has 13 heteroatoms. The van der Waals surface area contributed by atoms with E-state index in [1.165, 1.54) is 19.5 Å².